The summed E-state index contributed by atoms with van der Waals surface area (Å²) >= 11 is 0. The molecule has 126 valence electrons. The summed E-state index contributed by atoms with van der Waals surface area (Å²) in [7, 11) is 0. The van der Waals surface area contributed by atoms with Crippen LogP contribution in [-0.2, 0) is 15.6 Å². The first-order chi connectivity index (χ1) is 10.5. The summed E-state index contributed by atoms with van der Waals surface area (Å²) in [5.41, 5.74) is 1.12. The predicted octanol–water partition coefficient (Wildman–Crippen LogP) is 4.98. The first-order valence-electron chi connectivity index (χ1n) is 8.36. The van der Waals surface area contributed by atoms with Gasteiger partial charge in [-0.05, 0) is 23.3 Å². The molecule has 1 aromatic carbocycles. The molecule has 0 aliphatic rings. The van der Waals surface area contributed by atoms with Crippen LogP contribution in [0.2, 0.25) is 0 Å². The summed E-state index contributed by atoms with van der Waals surface area (Å²) in [6.07, 6.45) is 1.25. The van der Waals surface area contributed by atoms with E-state index in [1.54, 1.807) is 0 Å². The number of para-hydroxylation sites is 1. The SMILES string of the molecule is CCC(C)C#CC(=O)CC(C)(C)c1cccc(C(C)(C)C)c1O. The molecule has 2 heteroatoms. The molecule has 0 heterocycles. The van der Waals surface area contributed by atoms with Gasteiger partial charge in [-0.3, -0.25) is 4.79 Å². The highest BCUT2D eigenvalue weighted by atomic mass is 16.3. The molecule has 0 aliphatic heterocycles. The van der Waals surface area contributed by atoms with E-state index in [-0.39, 0.29) is 17.1 Å². The summed E-state index contributed by atoms with van der Waals surface area (Å²) in [6, 6.07) is 5.80. The molecule has 0 spiro atoms. The van der Waals surface area contributed by atoms with Crippen molar-refractivity contribution in [2.24, 2.45) is 5.92 Å². The minimum Gasteiger partial charge on any atom is -0.507 e. The average Bonchev–Trinajstić information content (AvgIpc) is 2.42. The number of Topliss-reactive ketones (excluding diaryl/α,β-unsaturated/α-hetero) is 1. The molecule has 1 rings (SSSR count). The molecule has 0 radical (unpaired) electrons. The third-order valence-corrected chi connectivity index (χ3v) is 4.25. The van der Waals surface area contributed by atoms with Crippen LogP contribution in [0.3, 0.4) is 0 Å². The maximum atomic E-state index is 12.2. The Hall–Kier alpha value is -1.75. The number of phenolic OH excluding ortho intramolecular Hbond substituents is 1. The second kappa shape index (κ2) is 7.21. The largest absolute Gasteiger partial charge is 0.507 e. The van der Waals surface area contributed by atoms with E-state index in [9.17, 15) is 9.90 Å². The molecular weight excluding hydrogens is 284 g/mol. The fourth-order valence-electron chi connectivity index (χ4n) is 2.54. The van der Waals surface area contributed by atoms with E-state index in [0.29, 0.717) is 12.2 Å². The summed E-state index contributed by atoms with van der Waals surface area (Å²) in [5.74, 6) is 6.21. The van der Waals surface area contributed by atoms with Crippen molar-refractivity contribution in [2.45, 2.75) is 72.1 Å². The van der Waals surface area contributed by atoms with Crippen LogP contribution in [0.5, 0.6) is 5.75 Å². The average molecular weight is 314 g/mol. The number of benzene rings is 1. The number of ketones is 1. The lowest BCUT2D eigenvalue weighted by molar-refractivity contribution is -0.114. The van der Waals surface area contributed by atoms with Gasteiger partial charge in [0.15, 0.2) is 0 Å². The van der Waals surface area contributed by atoms with Gasteiger partial charge in [0.25, 0.3) is 0 Å². The van der Waals surface area contributed by atoms with Crippen molar-refractivity contribution in [2.75, 3.05) is 0 Å². The van der Waals surface area contributed by atoms with Gasteiger partial charge in [-0.2, -0.15) is 0 Å². The molecule has 1 atom stereocenters. The minimum absolute atomic E-state index is 0.0733. The van der Waals surface area contributed by atoms with E-state index in [1.165, 1.54) is 0 Å². The van der Waals surface area contributed by atoms with Gasteiger partial charge < -0.3 is 5.11 Å². The standard InChI is InChI=1S/C21H30O2/c1-8-15(2)12-13-16(22)14-21(6,7)18-11-9-10-17(19(18)23)20(3,4)5/h9-11,15,23H,8,14H2,1-7H3. The second-order valence-corrected chi connectivity index (χ2v) is 8.01. The van der Waals surface area contributed by atoms with Crippen LogP contribution >= 0.6 is 0 Å². The summed E-state index contributed by atoms with van der Waals surface area (Å²) in [6.45, 7) is 14.3. The Morgan fingerprint density at radius 3 is 2.26 bits per heavy atom. The minimum atomic E-state index is -0.452. The lowest BCUT2D eigenvalue weighted by atomic mass is 9.76. The van der Waals surface area contributed by atoms with Crippen molar-refractivity contribution in [1.82, 2.24) is 0 Å². The number of hydrogen-bond donors (Lipinski definition) is 1. The van der Waals surface area contributed by atoms with Crippen molar-refractivity contribution in [3.05, 3.63) is 29.3 Å². The Morgan fingerprint density at radius 1 is 1.17 bits per heavy atom. The van der Waals surface area contributed by atoms with E-state index in [4.69, 9.17) is 0 Å². The number of carbonyl (C=O) groups is 1. The van der Waals surface area contributed by atoms with E-state index in [2.05, 4.69) is 39.5 Å². The number of hydrogen-bond acceptors (Lipinski definition) is 2. The van der Waals surface area contributed by atoms with Gasteiger partial charge in [-0.15, -0.1) is 0 Å². The maximum Gasteiger partial charge on any atom is 0.206 e. The zero-order valence-electron chi connectivity index (χ0n) is 15.6. The number of rotatable bonds is 4. The van der Waals surface area contributed by atoms with Crippen molar-refractivity contribution >= 4 is 5.78 Å². The van der Waals surface area contributed by atoms with Crippen LogP contribution in [0.15, 0.2) is 18.2 Å². The van der Waals surface area contributed by atoms with Crippen molar-refractivity contribution in [1.29, 1.82) is 0 Å². The van der Waals surface area contributed by atoms with Gasteiger partial charge in [0.05, 0.1) is 0 Å². The van der Waals surface area contributed by atoms with Crippen LogP contribution in [-0.4, -0.2) is 10.9 Å². The Labute approximate surface area is 141 Å². The molecule has 0 aromatic heterocycles. The first kappa shape index (κ1) is 19.3. The summed E-state index contributed by atoms with van der Waals surface area (Å²) < 4.78 is 0. The summed E-state index contributed by atoms with van der Waals surface area (Å²) in [4.78, 5) is 12.2. The van der Waals surface area contributed by atoms with Crippen LogP contribution in [0, 0.1) is 17.8 Å². The Balaban J connectivity index is 3.09. The van der Waals surface area contributed by atoms with Crippen LogP contribution in [0.1, 0.15) is 72.4 Å². The van der Waals surface area contributed by atoms with Crippen LogP contribution in [0.25, 0.3) is 0 Å². The molecule has 0 fully saturated rings. The van der Waals surface area contributed by atoms with Crippen LogP contribution < -0.4 is 0 Å². The quantitative estimate of drug-likeness (QED) is 0.629. The second-order valence-electron chi connectivity index (χ2n) is 8.01. The predicted molar refractivity (Wildman–Crippen MR) is 96.7 cm³/mol. The third kappa shape index (κ3) is 5.13. The lowest BCUT2D eigenvalue weighted by Crippen LogP contribution is -2.23. The van der Waals surface area contributed by atoms with Crippen molar-refractivity contribution in [3.8, 4) is 17.6 Å². The number of phenols is 1. The zero-order valence-corrected chi connectivity index (χ0v) is 15.6. The molecular formula is C21H30O2. The smallest absolute Gasteiger partial charge is 0.206 e. The highest BCUT2D eigenvalue weighted by molar-refractivity contribution is 5.96. The maximum absolute atomic E-state index is 12.2. The molecule has 2 nitrogen and oxygen atoms in total. The normalized spacial score (nSPS) is 13.2. The molecule has 0 saturated carbocycles. The van der Waals surface area contributed by atoms with Gasteiger partial charge in [-0.1, -0.05) is 72.6 Å². The molecule has 23 heavy (non-hydrogen) atoms. The van der Waals surface area contributed by atoms with E-state index < -0.39 is 5.41 Å². The fraction of sp³-hybridized carbons (Fsp3) is 0.571. The summed E-state index contributed by atoms with van der Waals surface area (Å²) in [5, 5.41) is 10.7. The topological polar surface area (TPSA) is 37.3 Å². The van der Waals surface area contributed by atoms with Gasteiger partial charge in [0.2, 0.25) is 5.78 Å². The molecule has 1 unspecified atom stereocenters. The monoisotopic (exact) mass is 314 g/mol. The lowest BCUT2D eigenvalue weighted by Gasteiger charge is -2.28. The first-order valence-corrected chi connectivity index (χ1v) is 8.36. The Morgan fingerprint density at radius 2 is 1.74 bits per heavy atom. The van der Waals surface area contributed by atoms with Gasteiger partial charge in [0.1, 0.15) is 5.75 Å². The molecule has 0 bridgehead atoms. The molecule has 1 N–H and O–H groups in total. The molecule has 0 aliphatic carbocycles. The highest BCUT2D eigenvalue weighted by Gasteiger charge is 2.29. The number of carbonyl (C=O) groups excluding carboxylic acids is 1. The number of aromatic hydroxyl groups is 1. The van der Waals surface area contributed by atoms with Crippen molar-refractivity contribution < 1.29 is 9.90 Å². The highest BCUT2D eigenvalue weighted by Crippen LogP contribution is 2.40. The van der Waals surface area contributed by atoms with Crippen LogP contribution in [0.4, 0.5) is 0 Å². The van der Waals surface area contributed by atoms with Gasteiger partial charge in [-0.25, -0.2) is 0 Å². The van der Waals surface area contributed by atoms with Gasteiger partial charge >= 0.3 is 0 Å². The van der Waals surface area contributed by atoms with E-state index in [0.717, 1.165) is 17.5 Å². The Bertz CT molecular complexity index is 621. The Kier molecular flexibility index (Phi) is 6.05. The third-order valence-electron chi connectivity index (χ3n) is 4.25. The van der Waals surface area contributed by atoms with Gasteiger partial charge in [0, 0.05) is 23.3 Å². The van der Waals surface area contributed by atoms with E-state index >= 15 is 0 Å². The van der Waals surface area contributed by atoms with Crippen molar-refractivity contribution in [3.63, 3.8) is 0 Å². The zero-order chi connectivity index (χ0) is 17.8. The fourth-order valence-corrected chi connectivity index (χ4v) is 2.54. The molecule has 0 amide bonds. The molecule has 0 saturated heterocycles. The van der Waals surface area contributed by atoms with E-state index in [1.807, 2.05) is 39.0 Å². The molecule has 1 aromatic rings.